The number of H-pyrrole nitrogens is 1. The molecule has 7 rings (SSSR count). The molecule has 2 amide bonds. The van der Waals surface area contributed by atoms with E-state index >= 15 is 0 Å². The van der Waals surface area contributed by atoms with Crippen LogP contribution in [0.15, 0.2) is 52.3 Å². The molecule has 7 atom stereocenters. The number of halogens is 2. The summed E-state index contributed by atoms with van der Waals surface area (Å²) in [5.74, 6) is -1.34. The first-order chi connectivity index (χ1) is 21.2. The van der Waals surface area contributed by atoms with Crippen molar-refractivity contribution in [2.24, 2.45) is 29.6 Å². The highest BCUT2D eigenvalue weighted by Crippen LogP contribution is 2.69. The maximum atomic E-state index is 13.8. The van der Waals surface area contributed by atoms with E-state index in [2.05, 4.69) is 4.98 Å². The molecule has 0 spiro atoms. The van der Waals surface area contributed by atoms with E-state index in [0.717, 1.165) is 27.5 Å². The van der Waals surface area contributed by atoms with Crippen LogP contribution in [0, 0.1) is 29.6 Å². The van der Waals surface area contributed by atoms with Gasteiger partial charge in [0.1, 0.15) is 12.4 Å². The maximum absolute atomic E-state index is 13.8. The highest BCUT2D eigenvalue weighted by atomic mass is 35.5. The van der Waals surface area contributed by atoms with Crippen molar-refractivity contribution in [1.29, 1.82) is 0 Å². The molecule has 1 aromatic heterocycles. The second-order valence-corrected chi connectivity index (χ2v) is 15.2. The molecular weight excluding hydrogens is 643 g/mol. The zero-order valence-corrected chi connectivity index (χ0v) is 26.7. The van der Waals surface area contributed by atoms with Gasteiger partial charge in [-0.1, -0.05) is 53.1 Å². The standard InChI is InChI=1S/C32H30Cl2N2O6S2/c33-16-6-4-5-15(11-16)14-42-21-9-8-17(34)12-18(21)23-24-19-13-20(27(24)43-29-28(23)44-32(41)35-29)26-25(19)30(39)36(31(26)40)10-3-1-2-7-22(37)38/h4-6,8-9,11-12,19-20,23-27H,1-3,7,10,13-14H2,(H,35,41)(H,37,38)/t19?,20?,23-,24?,25?,26?,27?/m1/s1. The lowest BCUT2D eigenvalue weighted by molar-refractivity contribution is -0.141. The van der Waals surface area contributed by atoms with Gasteiger partial charge in [0.05, 0.1) is 16.9 Å². The number of ether oxygens (including phenoxy) is 1. The van der Waals surface area contributed by atoms with Crippen LogP contribution in [0.2, 0.25) is 10.0 Å². The number of hydrogen-bond acceptors (Lipinski definition) is 7. The Morgan fingerprint density at radius 3 is 2.55 bits per heavy atom. The number of rotatable bonds is 10. The number of carboxylic acid groups (broad SMARTS) is 1. The van der Waals surface area contributed by atoms with Gasteiger partial charge < -0.3 is 14.8 Å². The molecule has 3 aromatic rings. The molecule has 12 heteroatoms. The van der Waals surface area contributed by atoms with E-state index in [0.29, 0.717) is 48.2 Å². The second-order valence-electron chi connectivity index (χ2n) is 12.1. The Labute approximate surface area is 272 Å². The molecule has 2 aliphatic heterocycles. The van der Waals surface area contributed by atoms with Gasteiger partial charge in [-0.05, 0) is 72.9 Å². The number of carboxylic acids is 1. The first-order valence-electron chi connectivity index (χ1n) is 14.8. The molecular formula is C32H30Cl2N2O6S2. The van der Waals surface area contributed by atoms with Gasteiger partial charge in [0.15, 0.2) is 0 Å². The SMILES string of the molecule is O=C(O)CCCCCN1C(=O)C2C3CC(C2C1=O)C1C3Sc2[nH]c(=O)sc2[C@@H]1c1cc(Cl)ccc1OCc1cccc(Cl)c1. The predicted molar refractivity (Wildman–Crippen MR) is 169 cm³/mol. The number of likely N-dealkylation sites (tertiary alicyclic amines) is 1. The molecule has 2 saturated carbocycles. The van der Waals surface area contributed by atoms with Gasteiger partial charge >= 0.3 is 10.8 Å². The van der Waals surface area contributed by atoms with Gasteiger partial charge in [0, 0.05) is 44.6 Å². The van der Waals surface area contributed by atoms with E-state index < -0.39 is 5.97 Å². The lowest BCUT2D eigenvalue weighted by Crippen LogP contribution is -2.42. The van der Waals surface area contributed by atoms with Crippen LogP contribution in [0.1, 0.15) is 54.0 Å². The van der Waals surface area contributed by atoms with Crippen LogP contribution < -0.4 is 9.61 Å². The third kappa shape index (κ3) is 5.17. The Hall–Kier alpha value is -2.79. The summed E-state index contributed by atoms with van der Waals surface area (Å²) in [6.45, 7) is 0.623. The molecule has 8 nitrogen and oxygen atoms in total. The monoisotopic (exact) mass is 672 g/mol. The first-order valence-corrected chi connectivity index (χ1v) is 17.3. The van der Waals surface area contributed by atoms with Crippen LogP contribution in [0.4, 0.5) is 0 Å². The minimum absolute atomic E-state index is 0.0162. The largest absolute Gasteiger partial charge is 0.489 e. The highest BCUT2D eigenvalue weighted by molar-refractivity contribution is 8.00. The molecule has 2 bridgehead atoms. The summed E-state index contributed by atoms with van der Waals surface area (Å²) >= 11 is 15.6. The number of imide groups is 1. The van der Waals surface area contributed by atoms with Crippen molar-refractivity contribution in [3.63, 3.8) is 0 Å². The number of fused-ring (bicyclic) bond motifs is 9. The van der Waals surface area contributed by atoms with Crippen molar-refractivity contribution in [3.8, 4) is 5.75 Å². The molecule has 44 heavy (non-hydrogen) atoms. The van der Waals surface area contributed by atoms with E-state index in [1.165, 1.54) is 16.2 Å². The number of nitrogens with zero attached hydrogens (tertiary/aromatic N) is 1. The number of amides is 2. The molecule has 230 valence electrons. The molecule has 4 aliphatic rings. The van der Waals surface area contributed by atoms with Gasteiger partial charge in [-0.3, -0.25) is 24.1 Å². The van der Waals surface area contributed by atoms with Crippen LogP contribution in [0.25, 0.3) is 0 Å². The van der Waals surface area contributed by atoms with Crippen LogP contribution >= 0.6 is 46.3 Å². The van der Waals surface area contributed by atoms with E-state index in [1.807, 2.05) is 36.4 Å². The average molecular weight is 674 g/mol. The molecule has 1 saturated heterocycles. The Kier molecular flexibility index (Phi) is 8.06. The summed E-state index contributed by atoms with van der Waals surface area (Å²) in [5, 5.41) is 11.0. The molecule has 3 fully saturated rings. The zero-order valence-electron chi connectivity index (χ0n) is 23.5. The number of carbonyl (C=O) groups excluding carboxylic acids is 2. The van der Waals surface area contributed by atoms with Crippen LogP contribution in [0.3, 0.4) is 0 Å². The molecule has 2 aliphatic carbocycles. The van der Waals surface area contributed by atoms with Crippen LogP contribution in [-0.4, -0.2) is 44.6 Å². The van der Waals surface area contributed by atoms with E-state index in [9.17, 15) is 19.2 Å². The average Bonchev–Trinajstić information content (AvgIpc) is 3.71. The number of thioether (sulfide) groups is 1. The fourth-order valence-electron chi connectivity index (χ4n) is 8.05. The minimum Gasteiger partial charge on any atom is -0.489 e. The summed E-state index contributed by atoms with van der Waals surface area (Å²) in [5.41, 5.74) is 1.80. The molecule has 2 aromatic carbocycles. The topological polar surface area (TPSA) is 117 Å². The maximum Gasteiger partial charge on any atom is 0.305 e. The number of aromatic amines is 1. The van der Waals surface area contributed by atoms with Crippen LogP contribution in [0.5, 0.6) is 5.75 Å². The molecule has 0 radical (unpaired) electrons. The number of carbonyl (C=O) groups is 3. The third-order valence-corrected chi connectivity index (χ3v) is 12.7. The fourth-order valence-corrected chi connectivity index (χ4v) is 11.3. The summed E-state index contributed by atoms with van der Waals surface area (Å²) in [6.07, 6.45) is 2.64. The fraction of sp³-hybridized carbons (Fsp3) is 0.438. The van der Waals surface area contributed by atoms with Crippen molar-refractivity contribution >= 4 is 64.1 Å². The van der Waals surface area contributed by atoms with Gasteiger partial charge in [-0.2, -0.15) is 0 Å². The highest BCUT2D eigenvalue weighted by Gasteiger charge is 2.69. The first kappa shape index (κ1) is 29.9. The summed E-state index contributed by atoms with van der Waals surface area (Å²) in [4.78, 5) is 56.3. The number of hydrogen-bond donors (Lipinski definition) is 2. The van der Waals surface area contributed by atoms with Gasteiger partial charge in [0.2, 0.25) is 11.8 Å². The molecule has 3 heterocycles. The summed E-state index contributed by atoms with van der Waals surface area (Å²) in [6, 6.07) is 13.1. The lowest BCUT2D eigenvalue weighted by Gasteiger charge is -2.43. The van der Waals surface area contributed by atoms with Crippen molar-refractivity contribution in [2.45, 2.75) is 54.9 Å². The second kappa shape index (κ2) is 11.9. The summed E-state index contributed by atoms with van der Waals surface area (Å²) < 4.78 is 6.38. The Morgan fingerprint density at radius 2 is 1.77 bits per heavy atom. The number of aliphatic carboxylic acids is 1. The van der Waals surface area contributed by atoms with Gasteiger partial charge in [-0.15, -0.1) is 11.8 Å². The zero-order chi connectivity index (χ0) is 30.7. The quantitative estimate of drug-likeness (QED) is 0.188. The minimum atomic E-state index is -0.841. The number of thiazole rings is 1. The predicted octanol–water partition coefficient (Wildman–Crippen LogP) is 6.44. The number of aromatic nitrogens is 1. The number of nitrogens with one attached hydrogen (secondary N) is 1. The number of benzene rings is 2. The van der Waals surface area contributed by atoms with Crippen molar-refractivity contribution in [3.05, 3.63) is 78.2 Å². The van der Waals surface area contributed by atoms with Crippen molar-refractivity contribution in [1.82, 2.24) is 9.88 Å². The van der Waals surface area contributed by atoms with E-state index in [-0.39, 0.29) is 63.9 Å². The summed E-state index contributed by atoms with van der Waals surface area (Å²) in [7, 11) is 0. The lowest BCUT2D eigenvalue weighted by atomic mass is 9.68. The molecule has 6 unspecified atom stereocenters. The van der Waals surface area contributed by atoms with Gasteiger partial charge in [-0.25, -0.2) is 0 Å². The number of unbranched alkanes of at least 4 members (excludes halogenated alkanes) is 2. The Morgan fingerprint density at radius 1 is 1.00 bits per heavy atom. The smallest absolute Gasteiger partial charge is 0.305 e. The van der Waals surface area contributed by atoms with Crippen molar-refractivity contribution in [2.75, 3.05) is 6.54 Å². The van der Waals surface area contributed by atoms with Crippen molar-refractivity contribution < 1.29 is 24.2 Å². The van der Waals surface area contributed by atoms with E-state index in [4.69, 9.17) is 33.0 Å². The third-order valence-electron chi connectivity index (χ3n) is 9.68. The Bertz CT molecular complexity index is 1710. The Balaban J connectivity index is 1.20. The normalized spacial score (nSPS) is 28.2. The van der Waals surface area contributed by atoms with E-state index in [1.54, 1.807) is 17.8 Å². The molecule has 2 N–H and O–H groups in total. The van der Waals surface area contributed by atoms with Gasteiger partial charge in [0.25, 0.3) is 0 Å². The van der Waals surface area contributed by atoms with Crippen LogP contribution in [-0.2, 0) is 21.0 Å².